The lowest BCUT2D eigenvalue weighted by Gasteiger charge is -2.39. The van der Waals surface area contributed by atoms with Gasteiger partial charge in [-0.25, -0.2) is 9.97 Å². The van der Waals surface area contributed by atoms with Crippen molar-refractivity contribution in [1.29, 1.82) is 0 Å². The Morgan fingerprint density at radius 1 is 1.32 bits per heavy atom. The predicted octanol–water partition coefficient (Wildman–Crippen LogP) is 1.83. The standard InChI is InChI=1S/C14H25N5/c1-4-6-15-13-9-14(17-11-16-13)19-8-7-18(3)12(5-2)10-19/h9,11-12H,4-8,10H2,1-3H3,(H,15,16,17). The Hall–Kier alpha value is -1.36. The summed E-state index contributed by atoms with van der Waals surface area (Å²) < 4.78 is 0. The van der Waals surface area contributed by atoms with Gasteiger partial charge in [-0.15, -0.1) is 0 Å². The smallest absolute Gasteiger partial charge is 0.134 e. The second kappa shape index (κ2) is 6.70. The van der Waals surface area contributed by atoms with Gasteiger partial charge in [0.2, 0.25) is 0 Å². The molecule has 1 N–H and O–H groups in total. The molecule has 0 amide bonds. The number of nitrogens with zero attached hydrogens (tertiary/aromatic N) is 4. The van der Waals surface area contributed by atoms with Gasteiger partial charge in [-0.2, -0.15) is 0 Å². The second-order valence-electron chi connectivity index (χ2n) is 5.18. The maximum atomic E-state index is 4.42. The third-order valence-electron chi connectivity index (χ3n) is 3.78. The highest BCUT2D eigenvalue weighted by molar-refractivity contribution is 5.48. The number of rotatable bonds is 5. The predicted molar refractivity (Wildman–Crippen MR) is 79.7 cm³/mol. The Morgan fingerprint density at radius 3 is 2.89 bits per heavy atom. The third kappa shape index (κ3) is 3.56. The summed E-state index contributed by atoms with van der Waals surface area (Å²) in [5.41, 5.74) is 0. The molecule has 1 aromatic heterocycles. The minimum atomic E-state index is 0.621. The normalized spacial score (nSPS) is 20.6. The fourth-order valence-electron chi connectivity index (χ4n) is 2.46. The Balaban J connectivity index is 2.04. The Labute approximate surface area is 116 Å². The number of piperazine rings is 1. The molecule has 1 saturated heterocycles. The molecule has 0 saturated carbocycles. The van der Waals surface area contributed by atoms with Gasteiger partial charge in [-0.05, 0) is 19.9 Å². The zero-order chi connectivity index (χ0) is 13.7. The van der Waals surface area contributed by atoms with Crippen LogP contribution in [-0.2, 0) is 0 Å². The van der Waals surface area contributed by atoms with E-state index in [4.69, 9.17) is 0 Å². The Kier molecular flexibility index (Phi) is 4.96. The second-order valence-corrected chi connectivity index (χ2v) is 5.18. The number of nitrogens with one attached hydrogen (secondary N) is 1. The Bertz CT molecular complexity index is 395. The summed E-state index contributed by atoms with van der Waals surface area (Å²) in [7, 11) is 2.21. The van der Waals surface area contributed by atoms with E-state index in [1.165, 1.54) is 6.42 Å². The van der Waals surface area contributed by atoms with Gasteiger partial charge < -0.3 is 10.2 Å². The Morgan fingerprint density at radius 2 is 2.16 bits per heavy atom. The molecule has 5 heteroatoms. The maximum Gasteiger partial charge on any atom is 0.134 e. The molecule has 19 heavy (non-hydrogen) atoms. The summed E-state index contributed by atoms with van der Waals surface area (Å²) >= 11 is 0. The quantitative estimate of drug-likeness (QED) is 0.878. The van der Waals surface area contributed by atoms with Crippen LogP contribution in [0.5, 0.6) is 0 Å². The number of hydrogen-bond acceptors (Lipinski definition) is 5. The van der Waals surface area contributed by atoms with E-state index < -0.39 is 0 Å². The average molecular weight is 263 g/mol. The van der Waals surface area contributed by atoms with Gasteiger partial charge in [-0.1, -0.05) is 13.8 Å². The molecule has 2 rings (SSSR count). The van der Waals surface area contributed by atoms with E-state index in [1.807, 2.05) is 0 Å². The number of hydrogen-bond donors (Lipinski definition) is 1. The molecule has 0 aliphatic carbocycles. The van der Waals surface area contributed by atoms with E-state index in [-0.39, 0.29) is 0 Å². The molecule has 2 heterocycles. The van der Waals surface area contributed by atoms with Crippen LogP contribution < -0.4 is 10.2 Å². The van der Waals surface area contributed by atoms with Crippen molar-refractivity contribution in [3.63, 3.8) is 0 Å². The van der Waals surface area contributed by atoms with Gasteiger partial charge in [0, 0.05) is 38.3 Å². The highest BCUT2D eigenvalue weighted by Crippen LogP contribution is 2.19. The summed E-state index contributed by atoms with van der Waals surface area (Å²) in [5, 5.41) is 3.32. The van der Waals surface area contributed by atoms with Crippen LogP contribution in [0.4, 0.5) is 11.6 Å². The van der Waals surface area contributed by atoms with E-state index in [1.54, 1.807) is 6.33 Å². The third-order valence-corrected chi connectivity index (χ3v) is 3.78. The van der Waals surface area contributed by atoms with Gasteiger partial charge in [0.25, 0.3) is 0 Å². The monoisotopic (exact) mass is 263 g/mol. The molecule has 0 bridgehead atoms. The first-order valence-electron chi connectivity index (χ1n) is 7.25. The molecule has 1 fully saturated rings. The van der Waals surface area contributed by atoms with Crippen molar-refractivity contribution in [3.8, 4) is 0 Å². The first-order chi connectivity index (χ1) is 9.24. The fraction of sp³-hybridized carbons (Fsp3) is 0.714. The van der Waals surface area contributed by atoms with Gasteiger partial charge in [-0.3, -0.25) is 4.90 Å². The minimum Gasteiger partial charge on any atom is -0.370 e. The van der Waals surface area contributed by atoms with Crippen molar-refractivity contribution >= 4 is 11.6 Å². The summed E-state index contributed by atoms with van der Waals surface area (Å²) in [6.45, 7) is 8.55. The maximum absolute atomic E-state index is 4.42. The van der Waals surface area contributed by atoms with Crippen LogP contribution in [0.3, 0.4) is 0 Å². The van der Waals surface area contributed by atoms with Crippen LogP contribution in [0.25, 0.3) is 0 Å². The van der Waals surface area contributed by atoms with Crippen molar-refractivity contribution in [2.75, 3.05) is 43.4 Å². The van der Waals surface area contributed by atoms with Gasteiger partial charge in [0.1, 0.15) is 18.0 Å². The van der Waals surface area contributed by atoms with Crippen molar-refractivity contribution in [1.82, 2.24) is 14.9 Å². The van der Waals surface area contributed by atoms with E-state index in [2.05, 4.69) is 52.0 Å². The molecule has 1 aliphatic rings. The molecule has 106 valence electrons. The van der Waals surface area contributed by atoms with E-state index in [0.717, 1.165) is 44.2 Å². The largest absolute Gasteiger partial charge is 0.370 e. The molecule has 1 atom stereocenters. The van der Waals surface area contributed by atoms with Gasteiger partial charge in [0.05, 0.1) is 0 Å². The summed E-state index contributed by atoms with van der Waals surface area (Å²) in [5.74, 6) is 1.97. The van der Waals surface area contributed by atoms with Crippen molar-refractivity contribution in [2.24, 2.45) is 0 Å². The molecular weight excluding hydrogens is 238 g/mol. The first kappa shape index (κ1) is 14.1. The molecule has 1 aliphatic heterocycles. The first-order valence-corrected chi connectivity index (χ1v) is 7.25. The highest BCUT2D eigenvalue weighted by atomic mass is 15.3. The van der Waals surface area contributed by atoms with E-state index in [0.29, 0.717) is 6.04 Å². The van der Waals surface area contributed by atoms with Crippen molar-refractivity contribution in [3.05, 3.63) is 12.4 Å². The van der Waals surface area contributed by atoms with E-state index in [9.17, 15) is 0 Å². The van der Waals surface area contributed by atoms with Gasteiger partial charge in [0.15, 0.2) is 0 Å². The summed E-state index contributed by atoms with van der Waals surface area (Å²) in [6.07, 6.45) is 3.94. The lowest BCUT2D eigenvalue weighted by molar-refractivity contribution is 0.213. The number of likely N-dealkylation sites (N-methyl/N-ethyl adjacent to an activating group) is 1. The molecule has 1 unspecified atom stereocenters. The van der Waals surface area contributed by atoms with Crippen LogP contribution in [0.15, 0.2) is 12.4 Å². The highest BCUT2D eigenvalue weighted by Gasteiger charge is 2.23. The molecule has 0 radical (unpaired) electrons. The zero-order valence-electron chi connectivity index (χ0n) is 12.3. The molecule has 0 spiro atoms. The summed E-state index contributed by atoms with van der Waals surface area (Å²) in [4.78, 5) is 13.5. The minimum absolute atomic E-state index is 0.621. The average Bonchev–Trinajstić information content (AvgIpc) is 2.46. The molecule has 1 aromatic rings. The van der Waals surface area contributed by atoms with Crippen LogP contribution in [0.1, 0.15) is 26.7 Å². The van der Waals surface area contributed by atoms with Crippen LogP contribution >= 0.6 is 0 Å². The van der Waals surface area contributed by atoms with Crippen molar-refractivity contribution < 1.29 is 0 Å². The topological polar surface area (TPSA) is 44.3 Å². The molecule has 5 nitrogen and oxygen atoms in total. The number of aromatic nitrogens is 2. The van der Waals surface area contributed by atoms with E-state index >= 15 is 0 Å². The van der Waals surface area contributed by atoms with Gasteiger partial charge >= 0.3 is 0 Å². The zero-order valence-corrected chi connectivity index (χ0v) is 12.3. The molecule has 0 aromatic carbocycles. The SMILES string of the molecule is CCCNc1cc(N2CCN(C)C(CC)C2)ncn1. The van der Waals surface area contributed by atoms with Crippen LogP contribution in [-0.4, -0.2) is 54.1 Å². The summed E-state index contributed by atoms with van der Waals surface area (Å²) in [6, 6.07) is 2.68. The lowest BCUT2D eigenvalue weighted by atomic mass is 10.1. The van der Waals surface area contributed by atoms with Crippen LogP contribution in [0, 0.1) is 0 Å². The fourth-order valence-corrected chi connectivity index (χ4v) is 2.46. The molecular formula is C14H25N5. The number of anilines is 2. The lowest BCUT2D eigenvalue weighted by Crippen LogP contribution is -2.51. The van der Waals surface area contributed by atoms with Crippen molar-refractivity contribution in [2.45, 2.75) is 32.7 Å². The van der Waals surface area contributed by atoms with Crippen LogP contribution in [0.2, 0.25) is 0 Å².